The molecule has 0 atom stereocenters. The highest BCUT2D eigenvalue weighted by Gasteiger charge is 2.23. The van der Waals surface area contributed by atoms with Crippen LogP contribution in [0.15, 0.2) is 84.9 Å². The molecular weight excluding hydrogens is 386 g/mol. The molecule has 4 rings (SSSR count). The van der Waals surface area contributed by atoms with E-state index in [0.717, 1.165) is 33.8 Å². The van der Waals surface area contributed by atoms with Gasteiger partial charge < -0.3 is 14.0 Å². The van der Waals surface area contributed by atoms with Crippen LogP contribution >= 0.6 is 0 Å². The summed E-state index contributed by atoms with van der Waals surface area (Å²) in [6.45, 7) is 2.68. The first-order valence-corrected chi connectivity index (χ1v) is 10.2. The zero-order valence-corrected chi connectivity index (χ0v) is 18.0. The molecule has 3 aromatic carbocycles. The minimum Gasteiger partial charge on any atom is -0.497 e. The monoisotopic (exact) mass is 411 g/mol. The van der Waals surface area contributed by atoms with Gasteiger partial charge in [0.1, 0.15) is 5.75 Å². The Bertz CT molecular complexity index is 1170. The molecule has 31 heavy (non-hydrogen) atoms. The lowest BCUT2D eigenvalue weighted by molar-refractivity contribution is 0.0601. The topological polar surface area (TPSA) is 40.5 Å². The number of esters is 1. The van der Waals surface area contributed by atoms with Gasteiger partial charge in [0.2, 0.25) is 0 Å². The van der Waals surface area contributed by atoms with Crippen molar-refractivity contribution in [1.29, 1.82) is 0 Å². The van der Waals surface area contributed by atoms with Crippen LogP contribution < -0.4 is 4.74 Å². The maximum absolute atomic E-state index is 12.8. The Morgan fingerprint density at radius 3 is 2.10 bits per heavy atom. The summed E-state index contributed by atoms with van der Waals surface area (Å²) in [7, 11) is 3.07. The number of carbonyl (C=O) groups excluding carboxylic acids is 1. The molecule has 0 aliphatic carbocycles. The fourth-order valence-corrected chi connectivity index (χ4v) is 3.77. The molecule has 156 valence electrons. The van der Waals surface area contributed by atoms with Gasteiger partial charge in [0, 0.05) is 12.2 Å². The second-order valence-electron chi connectivity index (χ2n) is 7.45. The second kappa shape index (κ2) is 8.92. The van der Waals surface area contributed by atoms with E-state index in [2.05, 4.69) is 47.9 Å². The van der Waals surface area contributed by atoms with Crippen LogP contribution in [0.2, 0.25) is 0 Å². The standard InChI is InChI=1S/C27H25NO3/c1-19-9-11-22(12-10-19)26-24(27(29)31-3)17-25(21-13-15-23(30-2)16-14-21)28(26)18-20-7-5-4-6-8-20/h4-17H,18H2,1-3H3. The lowest BCUT2D eigenvalue weighted by Crippen LogP contribution is -2.07. The Balaban J connectivity index is 1.96. The largest absolute Gasteiger partial charge is 0.497 e. The number of hydrogen-bond acceptors (Lipinski definition) is 3. The van der Waals surface area contributed by atoms with Gasteiger partial charge in [-0.05, 0) is 53.9 Å². The average Bonchev–Trinajstić information content (AvgIpc) is 3.19. The molecule has 0 radical (unpaired) electrons. The first kappa shape index (κ1) is 20.5. The summed E-state index contributed by atoms with van der Waals surface area (Å²) in [6, 6.07) is 28.3. The van der Waals surface area contributed by atoms with E-state index in [1.807, 2.05) is 48.5 Å². The predicted molar refractivity (Wildman–Crippen MR) is 123 cm³/mol. The van der Waals surface area contributed by atoms with Crippen molar-refractivity contribution >= 4 is 5.97 Å². The van der Waals surface area contributed by atoms with Crippen LogP contribution in [0.25, 0.3) is 22.5 Å². The summed E-state index contributed by atoms with van der Waals surface area (Å²) in [5.74, 6) is 0.439. The molecule has 0 bridgehead atoms. The van der Waals surface area contributed by atoms with Crippen LogP contribution in [0, 0.1) is 6.92 Å². The molecule has 0 aliphatic rings. The van der Waals surface area contributed by atoms with Crippen molar-refractivity contribution in [3.63, 3.8) is 0 Å². The van der Waals surface area contributed by atoms with Crippen LogP contribution in [0.3, 0.4) is 0 Å². The summed E-state index contributed by atoms with van der Waals surface area (Å²) >= 11 is 0. The SMILES string of the molecule is COC(=O)c1cc(-c2ccc(OC)cc2)n(Cc2ccccc2)c1-c1ccc(C)cc1. The van der Waals surface area contributed by atoms with Crippen LogP contribution in [-0.4, -0.2) is 24.8 Å². The molecule has 0 saturated carbocycles. The molecule has 0 aliphatic heterocycles. The maximum atomic E-state index is 12.8. The predicted octanol–water partition coefficient (Wildman–Crippen LogP) is 5.97. The van der Waals surface area contributed by atoms with E-state index in [4.69, 9.17) is 9.47 Å². The van der Waals surface area contributed by atoms with Gasteiger partial charge in [-0.25, -0.2) is 4.79 Å². The zero-order valence-electron chi connectivity index (χ0n) is 18.0. The van der Waals surface area contributed by atoms with E-state index in [9.17, 15) is 4.79 Å². The molecule has 0 spiro atoms. The van der Waals surface area contributed by atoms with Gasteiger partial charge in [-0.15, -0.1) is 0 Å². The Morgan fingerprint density at radius 2 is 1.48 bits per heavy atom. The molecule has 4 nitrogen and oxygen atoms in total. The van der Waals surface area contributed by atoms with Crippen molar-refractivity contribution in [3.05, 3.63) is 102 Å². The van der Waals surface area contributed by atoms with Crippen molar-refractivity contribution in [3.8, 4) is 28.3 Å². The minimum atomic E-state index is -0.350. The molecule has 0 N–H and O–H groups in total. The number of carbonyl (C=O) groups is 1. The number of nitrogens with zero attached hydrogens (tertiary/aromatic N) is 1. The van der Waals surface area contributed by atoms with Crippen molar-refractivity contribution < 1.29 is 14.3 Å². The van der Waals surface area contributed by atoms with Gasteiger partial charge in [-0.3, -0.25) is 0 Å². The normalized spacial score (nSPS) is 10.7. The summed E-state index contributed by atoms with van der Waals surface area (Å²) in [5.41, 5.74) is 6.64. The van der Waals surface area contributed by atoms with E-state index in [-0.39, 0.29) is 5.97 Å². The number of benzene rings is 3. The summed E-state index contributed by atoms with van der Waals surface area (Å²) < 4.78 is 12.6. The van der Waals surface area contributed by atoms with Crippen molar-refractivity contribution in [2.75, 3.05) is 14.2 Å². The lowest BCUT2D eigenvalue weighted by Gasteiger charge is -2.15. The number of methoxy groups -OCH3 is 2. The van der Waals surface area contributed by atoms with Crippen LogP contribution in [0.4, 0.5) is 0 Å². The number of aryl methyl sites for hydroxylation is 1. The fraction of sp³-hybridized carbons (Fsp3) is 0.148. The fourth-order valence-electron chi connectivity index (χ4n) is 3.77. The van der Waals surface area contributed by atoms with Gasteiger partial charge in [0.05, 0.1) is 25.5 Å². The molecule has 0 fully saturated rings. The number of aromatic nitrogens is 1. The first-order valence-electron chi connectivity index (χ1n) is 10.2. The van der Waals surface area contributed by atoms with Gasteiger partial charge in [0.25, 0.3) is 0 Å². The highest BCUT2D eigenvalue weighted by molar-refractivity contribution is 5.98. The molecule has 1 heterocycles. The molecule has 4 heteroatoms. The lowest BCUT2D eigenvalue weighted by atomic mass is 10.1. The third kappa shape index (κ3) is 4.24. The van der Waals surface area contributed by atoms with E-state index < -0.39 is 0 Å². The highest BCUT2D eigenvalue weighted by Crippen LogP contribution is 2.35. The van der Waals surface area contributed by atoms with Crippen molar-refractivity contribution in [1.82, 2.24) is 4.57 Å². The quantitative estimate of drug-likeness (QED) is 0.367. The number of hydrogen-bond donors (Lipinski definition) is 0. The smallest absolute Gasteiger partial charge is 0.340 e. The third-order valence-electron chi connectivity index (χ3n) is 5.40. The average molecular weight is 412 g/mol. The Labute approximate surface area is 182 Å². The van der Waals surface area contributed by atoms with Crippen LogP contribution in [0.1, 0.15) is 21.5 Å². The van der Waals surface area contributed by atoms with E-state index in [1.165, 1.54) is 12.7 Å². The molecule has 0 saturated heterocycles. The van der Waals surface area contributed by atoms with Gasteiger partial charge >= 0.3 is 5.97 Å². The Kier molecular flexibility index (Phi) is 5.89. The number of rotatable bonds is 6. The van der Waals surface area contributed by atoms with Gasteiger partial charge in [-0.2, -0.15) is 0 Å². The Hall–Kier alpha value is -3.79. The molecule has 4 aromatic rings. The van der Waals surface area contributed by atoms with Crippen LogP contribution in [-0.2, 0) is 11.3 Å². The summed E-state index contributed by atoms with van der Waals surface area (Å²) in [5, 5.41) is 0. The van der Waals surface area contributed by atoms with Crippen LogP contribution in [0.5, 0.6) is 5.75 Å². The van der Waals surface area contributed by atoms with Gasteiger partial charge in [-0.1, -0.05) is 60.2 Å². The maximum Gasteiger partial charge on any atom is 0.340 e. The second-order valence-corrected chi connectivity index (χ2v) is 7.45. The molecule has 0 unspecified atom stereocenters. The third-order valence-corrected chi connectivity index (χ3v) is 5.40. The minimum absolute atomic E-state index is 0.350. The zero-order chi connectivity index (χ0) is 21.8. The molecule has 1 aromatic heterocycles. The van der Waals surface area contributed by atoms with Crippen molar-refractivity contribution in [2.45, 2.75) is 13.5 Å². The van der Waals surface area contributed by atoms with E-state index in [1.54, 1.807) is 7.11 Å². The van der Waals surface area contributed by atoms with Crippen molar-refractivity contribution in [2.24, 2.45) is 0 Å². The van der Waals surface area contributed by atoms with Gasteiger partial charge in [0.15, 0.2) is 0 Å². The summed E-state index contributed by atoms with van der Waals surface area (Å²) in [6.07, 6.45) is 0. The molecule has 0 amide bonds. The summed E-state index contributed by atoms with van der Waals surface area (Å²) in [4.78, 5) is 12.8. The van der Waals surface area contributed by atoms with E-state index >= 15 is 0 Å². The van der Waals surface area contributed by atoms with E-state index in [0.29, 0.717) is 12.1 Å². The molecular formula is C27H25NO3. The Morgan fingerprint density at radius 1 is 0.839 bits per heavy atom. The number of ether oxygens (including phenoxy) is 2. The highest BCUT2D eigenvalue weighted by atomic mass is 16.5. The first-order chi connectivity index (χ1) is 15.1.